The van der Waals surface area contributed by atoms with E-state index in [4.69, 9.17) is 0 Å². The first-order valence-corrected chi connectivity index (χ1v) is 5.02. The highest BCUT2D eigenvalue weighted by Gasteiger charge is 2.46. The van der Waals surface area contributed by atoms with Crippen molar-refractivity contribution in [3.8, 4) is 0 Å². The van der Waals surface area contributed by atoms with Crippen LogP contribution in [0.25, 0.3) is 0 Å². The summed E-state index contributed by atoms with van der Waals surface area (Å²) in [6, 6.07) is 0.587. The van der Waals surface area contributed by atoms with Gasteiger partial charge in [0.2, 0.25) is 5.91 Å². The highest BCUT2D eigenvalue weighted by molar-refractivity contribution is 5.85. The van der Waals surface area contributed by atoms with Crippen LogP contribution in [-0.4, -0.2) is 36.5 Å². The average molecular weight is 219 g/mol. The van der Waals surface area contributed by atoms with Crippen LogP contribution in [0.2, 0.25) is 0 Å². The van der Waals surface area contributed by atoms with Crippen molar-refractivity contribution in [3.05, 3.63) is 0 Å². The molecule has 1 aliphatic heterocycles. The quantitative estimate of drug-likeness (QED) is 0.751. The Morgan fingerprint density at radius 3 is 2.29 bits per heavy atom. The van der Waals surface area contributed by atoms with Gasteiger partial charge in [0.1, 0.15) is 0 Å². The van der Waals surface area contributed by atoms with Crippen molar-refractivity contribution in [1.29, 1.82) is 0 Å². The van der Waals surface area contributed by atoms with Gasteiger partial charge in [0.15, 0.2) is 0 Å². The second-order valence-electron chi connectivity index (χ2n) is 4.98. The number of hydrogen-bond donors (Lipinski definition) is 1. The topological polar surface area (TPSA) is 32.3 Å². The Morgan fingerprint density at radius 2 is 2.00 bits per heavy atom. The third kappa shape index (κ3) is 1.89. The average Bonchev–Trinajstić information content (AvgIpc) is 2.83. The molecule has 0 radical (unpaired) electrons. The maximum atomic E-state index is 11.9. The van der Waals surface area contributed by atoms with Crippen LogP contribution in [0.4, 0.5) is 0 Å². The van der Waals surface area contributed by atoms with Crippen LogP contribution in [0.15, 0.2) is 0 Å². The predicted molar refractivity (Wildman–Crippen MR) is 58.6 cm³/mol. The molecule has 1 N–H and O–H groups in total. The van der Waals surface area contributed by atoms with E-state index in [1.165, 1.54) is 12.8 Å². The Balaban J connectivity index is 0.000000980. The molecule has 4 heteroatoms. The first-order valence-electron chi connectivity index (χ1n) is 5.02. The van der Waals surface area contributed by atoms with E-state index >= 15 is 0 Å². The molecule has 1 unspecified atom stereocenters. The van der Waals surface area contributed by atoms with E-state index in [9.17, 15) is 4.79 Å². The summed E-state index contributed by atoms with van der Waals surface area (Å²) < 4.78 is 0. The lowest BCUT2D eigenvalue weighted by atomic mass is 9.76. The maximum absolute atomic E-state index is 11.9. The molecule has 14 heavy (non-hydrogen) atoms. The van der Waals surface area contributed by atoms with E-state index in [1.807, 2.05) is 11.9 Å². The Labute approximate surface area is 91.6 Å². The number of nitrogens with zero attached hydrogens (tertiary/aromatic N) is 1. The van der Waals surface area contributed by atoms with Crippen LogP contribution in [0, 0.1) is 5.41 Å². The Bertz CT molecular complexity index is 238. The number of carbonyl (C=O) groups is 1. The van der Waals surface area contributed by atoms with Crippen LogP contribution in [0.3, 0.4) is 0 Å². The van der Waals surface area contributed by atoms with Gasteiger partial charge in [0, 0.05) is 25.0 Å². The molecule has 3 nitrogen and oxygen atoms in total. The lowest BCUT2D eigenvalue weighted by Crippen LogP contribution is -2.66. The molecule has 0 aromatic heterocycles. The molecule has 1 atom stereocenters. The molecule has 82 valence electrons. The number of hydrogen-bond acceptors (Lipinski definition) is 2. The normalized spacial score (nSPS) is 28.6. The summed E-state index contributed by atoms with van der Waals surface area (Å²) in [5, 5.41) is 3.21. The summed E-state index contributed by atoms with van der Waals surface area (Å²) in [6.45, 7) is 5.25. The monoisotopic (exact) mass is 218 g/mol. The fourth-order valence-corrected chi connectivity index (χ4v) is 1.88. The van der Waals surface area contributed by atoms with Gasteiger partial charge in [0.05, 0.1) is 6.04 Å². The number of rotatable bonds is 2. The van der Waals surface area contributed by atoms with Crippen molar-refractivity contribution in [2.45, 2.75) is 38.8 Å². The van der Waals surface area contributed by atoms with E-state index in [-0.39, 0.29) is 29.8 Å². The molecule has 2 rings (SSSR count). The minimum atomic E-state index is 0. The van der Waals surface area contributed by atoms with Crippen molar-refractivity contribution in [3.63, 3.8) is 0 Å². The summed E-state index contributed by atoms with van der Waals surface area (Å²) in [4.78, 5) is 13.8. The van der Waals surface area contributed by atoms with Gasteiger partial charge in [-0.15, -0.1) is 12.4 Å². The molecule has 0 aromatic carbocycles. The second kappa shape index (κ2) is 3.70. The van der Waals surface area contributed by atoms with E-state index in [0.717, 1.165) is 6.54 Å². The Kier molecular flexibility index (Phi) is 3.12. The summed E-state index contributed by atoms with van der Waals surface area (Å²) in [5.41, 5.74) is 0.153. The zero-order valence-corrected chi connectivity index (χ0v) is 9.86. The van der Waals surface area contributed by atoms with E-state index in [1.54, 1.807) is 0 Å². The zero-order chi connectivity index (χ0) is 9.64. The number of amides is 1. The molecule has 1 amide bonds. The van der Waals surface area contributed by atoms with Gasteiger partial charge in [-0.25, -0.2) is 0 Å². The number of likely N-dealkylation sites (N-methyl/N-ethyl adjacent to an activating group) is 1. The van der Waals surface area contributed by atoms with Crippen molar-refractivity contribution < 1.29 is 4.79 Å². The van der Waals surface area contributed by atoms with Crippen LogP contribution < -0.4 is 5.32 Å². The van der Waals surface area contributed by atoms with E-state index in [2.05, 4.69) is 19.2 Å². The minimum absolute atomic E-state index is 0. The molecular weight excluding hydrogens is 200 g/mol. The van der Waals surface area contributed by atoms with Crippen molar-refractivity contribution in [2.75, 3.05) is 13.6 Å². The number of carbonyl (C=O) groups excluding carboxylic acids is 1. The SMILES string of the molecule is CN(C(=O)C1NCC1(C)C)C1CC1.Cl. The predicted octanol–water partition coefficient (Wildman–Crippen LogP) is 1.03. The Morgan fingerprint density at radius 1 is 1.43 bits per heavy atom. The molecular formula is C10H19ClN2O. The second-order valence-corrected chi connectivity index (χ2v) is 4.98. The third-order valence-electron chi connectivity index (χ3n) is 3.23. The molecule has 2 aliphatic rings. The molecule has 1 heterocycles. The van der Waals surface area contributed by atoms with Gasteiger partial charge in [-0.2, -0.15) is 0 Å². The van der Waals surface area contributed by atoms with Gasteiger partial charge < -0.3 is 10.2 Å². The van der Waals surface area contributed by atoms with Crippen molar-refractivity contribution >= 4 is 18.3 Å². The van der Waals surface area contributed by atoms with Crippen molar-refractivity contribution in [2.24, 2.45) is 5.41 Å². The molecule has 0 aromatic rings. The highest BCUT2D eigenvalue weighted by Crippen LogP contribution is 2.32. The van der Waals surface area contributed by atoms with E-state index < -0.39 is 0 Å². The van der Waals surface area contributed by atoms with Crippen LogP contribution in [0.1, 0.15) is 26.7 Å². The van der Waals surface area contributed by atoms with Gasteiger partial charge in [-0.3, -0.25) is 4.79 Å². The lowest BCUT2D eigenvalue weighted by molar-refractivity contribution is -0.139. The smallest absolute Gasteiger partial charge is 0.240 e. The van der Waals surface area contributed by atoms with Crippen LogP contribution >= 0.6 is 12.4 Å². The number of halogens is 1. The molecule has 1 saturated carbocycles. The third-order valence-corrected chi connectivity index (χ3v) is 3.23. The molecule has 0 spiro atoms. The summed E-state index contributed by atoms with van der Waals surface area (Å²) in [5.74, 6) is 0.277. The largest absolute Gasteiger partial charge is 0.341 e. The van der Waals surface area contributed by atoms with Gasteiger partial charge in [-0.1, -0.05) is 13.8 Å². The molecule has 0 bridgehead atoms. The lowest BCUT2D eigenvalue weighted by Gasteiger charge is -2.45. The van der Waals surface area contributed by atoms with Gasteiger partial charge >= 0.3 is 0 Å². The van der Waals surface area contributed by atoms with E-state index in [0.29, 0.717) is 6.04 Å². The van der Waals surface area contributed by atoms with Crippen molar-refractivity contribution in [1.82, 2.24) is 10.2 Å². The van der Waals surface area contributed by atoms with Crippen LogP contribution in [-0.2, 0) is 4.79 Å². The summed E-state index contributed by atoms with van der Waals surface area (Å²) in [6.07, 6.45) is 2.38. The highest BCUT2D eigenvalue weighted by atomic mass is 35.5. The fourth-order valence-electron chi connectivity index (χ4n) is 1.88. The first kappa shape index (κ1) is 11.8. The number of nitrogens with one attached hydrogen (secondary N) is 1. The fraction of sp³-hybridized carbons (Fsp3) is 0.900. The minimum Gasteiger partial charge on any atom is -0.341 e. The zero-order valence-electron chi connectivity index (χ0n) is 9.04. The van der Waals surface area contributed by atoms with Crippen LogP contribution in [0.5, 0.6) is 0 Å². The standard InChI is InChI=1S/C10H18N2O.ClH/c1-10(2)6-11-8(10)9(13)12(3)7-4-5-7;/h7-8,11H,4-6H2,1-3H3;1H. The maximum Gasteiger partial charge on any atom is 0.240 e. The van der Waals surface area contributed by atoms with Gasteiger partial charge in [0.25, 0.3) is 0 Å². The summed E-state index contributed by atoms with van der Waals surface area (Å²) >= 11 is 0. The first-order chi connectivity index (χ1) is 6.02. The molecule has 1 aliphatic carbocycles. The van der Waals surface area contributed by atoms with Gasteiger partial charge in [-0.05, 0) is 12.8 Å². The summed E-state index contributed by atoms with van der Waals surface area (Å²) in [7, 11) is 1.93. The molecule has 1 saturated heterocycles. The Hall–Kier alpha value is -0.280. The molecule has 2 fully saturated rings.